The number of nitrogens with one attached hydrogen (secondary N) is 1. The van der Waals surface area contributed by atoms with Crippen molar-refractivity contribution in [3.63, 3.8) is 0 Å². The number of aromatic nitrogens is 1. The molecule has 1 aromatic heterocycles. The molecular weight excluding hydrogens is 427 g/mol. The Morgan fingerprint density at radius 2 is 2.12 bits per heavy atom. The summed E-state index contributed by atoms with van der Waals surface area (Å²) in [5.41, 5.74) is 4.89. The third kappa shape index (κ3) is 4.27. The lowest BCUT2D eigenvalue weighted by atomic mass is 9.97. The highest BCUT2D eigenvalue weighted by Gasteiger charge is 2.24. The van der Waals surface area contributed by atoms with Crippen molar-refractivity contribution in [1.82, 2.24) is 9.88 Å². The molecule has 0 unspecified atom stereocenters. The fourth-order valence-electron chi connectivity index (χ4n) is 4.17. The molecule has 0 saturated heterocycles. The van der Waals surface area contributed by atoms with Crippen molar-refractivity contribution >= 4 is 34.2 Å². The van der Waals surface area contributed by atoms with E-state index in [1.54, 1.807) is 30.8 Å². The van der Waals surface area contributed by atoms with Crippen LogP contribution in [0.1, 0.15) is 40.5 Å². The van der Waals surface area contributed by atoms with Gasteiger partial charge in [-0.3, -0.25) is 0 Å². The maximum Gasteiger partial charge on any atom is 0.340 e. The first-order valence-corrected chi connectivity index (χ1v) is 11.7. The van der Waals surface area contributed by atoms with Crippen LogP contribution in [-0.4, -0.2) is 35.3 Å². The number of rotatable bonds is 6. The number of aromatic hydroxyl groups is 1. The molecule has 2 N–H and O–H groups in total. The Hall–Kier alpha value is -2.77. The number of ether oxygens (including phenoxy) is 1. The number of carbonyl (C=O) groups is 1. The molecule has 0 bridgehead atoms. The number of nitrogens with zero attached hydrogens (tertiary/aromatic N) is 1. The van der Waals surface area contributed by atoms with Crippen molar-refractivity contribution in [3.05, 3.63) is 64.6 Å². The van der Waals surface area contributed by atoms with E-state index in [9.17, 15) is 14.3 Å². The summed E-state index contributed by atoms with van der Waals surface area (Å²) >= 11 is 1.55. The second-order valence-electron chi connectivity index (χ2n) is 7.87. The Labute approximate surface area is 191 Å². The molecule has 5 nitrogen and oxygen atoms in total. The zero-order valence-electron chi connectivity index (χ0n) is 18.5. The number of hydrogen-bond acceptors (Lipinski definition) is 5. The molecule has 0 atom stereocenters. The van der Waals surface area contributed by atoms with Crippen LogP contribution in [0, 0.1) is 12.7 Å². The fourth-order valence-corrected chi connectivity index (χ4v) is 5.25. The van der Waals surface area contributed by atoms with E-state index in [1.165, 1.54) is 12.1 Å². The summed E-state index contributed by atoms with van der Waals surface area (Å²) in [4.78, 5) is 13.9. The van der Waals surface area contributed by atoms with Crippen LogP contribution in [0.3, 0.4) is 0 Å². The summed E-state index contributed by atoms with van der Waals surface area (Å²) in [7, 11) is 1.93. The highest BCUT2D eigenvalue weighted by molar-refractivity contribution is 7.98. The molecule has 0 radical (unpaired) electrons. The predicted molar refractivity (Wildman–Crippen MR) is 127 cm³/mol. The van der Waals surface area contributed by atoms with Gasteiger partial charge >= 0.3 is 5.97 Å². The molecule has 1 aliphatic heterocycles. The minimum Gasteiger partial charge on any atom is -0.507 e. The van der Waals surface area contributed by atoms with E-state index in [0.717, 1.165) is 52.3 Å². The van der Waals surface area contributed by atoms with Crippen molar-refractivity contribution in [2.45, 2.75) is 30.9 Å². The lowest BCUT2D eigenvalue weighted by Crippen LogP contribution is -2.20. The molecule has 32 heavy (non-hydrogen) atoms. The fraction of sp³-hybridized carbons (Fsp3) is 0.320. The summed E-state index contributed by atoms with van der Waals surface area (Å²) < 4.78 is 20.8. The monoisotopic (exact) mass is 454 g/mol. The van der Waals surface area contributed by atoms with Crippen LogP contribution in [-0.2, 0) is 17.5 Å². The Kier molecular flexibility index (Phi) is 6.58. The zero-order valence-corrected chi connectivity index (χ0v) is 19.3. The molecular formula is C25H27FN2O3S. The number of phenols is 1. The standard InChI is InChI=1S/C25H27FN2O3S/c1-4-31-25(30)24-19-13-22(29)18(16-7-9-27-10-8-16)12-20(19)28(3)21(24)14-32-23-6-5-17(26)11-15(23)2/h5-7,11-13,27,29H,4,8-10,14H2,1-3H3. The van der Waals surface area contributed by atoms with Gasteiger partial charge in [0.2, 0.25) is 0 Å². The van der Waals surface area contributed by atoms with E-state index < -0.39 is 5.97 Å². The smallest absolute Gasteiger partial charge is 0.340 e. The molecule has 4 rings (SSSR count). The molecule has 0 amide bonds. The van der Waals surface area contributed by atoms with Gasteiger partial charge in [0.15, 0.2) is 0 Å². The summed E-state index contributed by atoms with van der Waals surface area (Å²) in [6, 6.07) is 8.35. The van der Waals surface area contributed by atoms with E-state index >= 15 is 0 Å². The van der Waals surface area contributed by atoms with Crippen molar-refractivity contribution in [3.8, 4) is 5.75 Å². The number of halogens is 1. The number of hydrogen-bond donors (Lipinski definition) is 2. The number of thioether (sulfide) groups is 1. The van der Waals surface area contributed by atoms with Crippen LogP contribution in [0.15, 0.2) is 41.3 Å². The van der Waals surface area contributed by atoms with Crippen molar-refractivity contribution in [1.29, 1.82) is 0 Å². The Morgan fingerprint density at radius 1 is 1.31 bits per heavy atom. The first-order chi connectivity index (χ1) is 15.4. The van der Waals surface area contributed by atoms with E-state index in [0.29, 0.717) is 16.7 Å². The third-order valence-corrected chi connectivity index (χ3v) is 7.02. The second kappa shape index (κ2) is 9.38. The zero-order chi connectivity index (χ0) is 22.8. The highest BCUT2D eigenvalue weighted by Crippen LogP contribution is 2.38. The van der Waals surface area contributed by atoms with Crippen molar-refractivity contribution in [2.75, 3.05) is 19.7 Å². The van der Waals surface area contributed by atoms with Crippen LogP contribution < -0.4 is 5.32 Å². The number of esters is 1. The Bertz CT molecular complexity index is 1220. The van der Waals surface area contributed by atoms with Crippen LogP contribution in [0.2, 0.25) is 0 Å². The first kappa shape index (κ1) is 22.4. The molecule has 2 heterocycles. The topological polar surface area (TPSA) is 63.5 Å². The Morgan fingerprint density at radius 3 is 2.81 bits per heavy atom. The van der Waals surface area contributed by atoms with Gasteiger partial charge in [0, 0.05) is 46.4 Å². The summed E-state index contributed by atoms with van der Waals surface area (Å²) in [5, 5.41) is 14.8. The molecule has 1 aliphatic rings. The second-order valence-corrected chi connectivity index (χ2v) is 8.89. The van der Waals surface area contributed by atoms with Gasteiger partial charge in [0.1, 0.15) is 11.6 Å². The Balaban J connectivity index is 1.81. The molecule has 168 valence electrons. The van der Waals surface area contributed by atoms with Gasteiger partial charge < -0.3 is 19.7 Å². The molecule has 3 aromatic rings. The lowest BCUT2D eigenvalue weighted by molar-refractivity contribution is 0.0527. The van der Waals surface area contributed by atoms with Crippen LogP contribution in [0.5, 0.6) is 5.75 Å². The third-order valence-electron chi connectivity index (χ3n) is 5.83. The number of benzene rings is 2. The van der Waals surface area contributed by atoms with Gasteiger partial charge in [-0.25, -0.2) is 9.18 Å². The summed E-state index contributed by atoms with van der Waals surface area (Å²) in [6.45, 7) is 5.55. The highest BCUT2D eigenvalue weighted by atomic mass is 32.2. The van der Waals surface area contributed by atoms with Crippen molar-refractivity contribution in [2.24, 2.45) is 7.05 Å². The molecule has 0 spiro atoms. The van der Waals surface area contributed by atoms with E-state index in [4.69, 9.17) is 4.74 Å². The number of aryl methyl sites for hydroxylation is 2. The van der Waals surface area contributed by atoms with Gasteiger partial charge in [-0.05, 0) is 68.3 Å². The predicted octanol–water partition coefficient (Wildman–Crippen LogP) is 5.18. The normalized spacial score (nSPS) is 13.9. The largest absolute Gasteiger partial charge is 0.507 e. The van der Waals surface area contributed by atoms with Crippen LogP contribution in [0.4, 0.5) is 4.39 Å². The van der Waals surface area contributed by atoms with Crippen molar-refractivity contribution < 1.29 is 19.0 Å². The number of fused-ring (bicyclic) bond motifs is 1. The molecule has 7 heteroatoms. The van der Waals surface area contributed by atoms with Gasteiger partial charge in [0.05, 0.1) is 12.2 Å². The van der Waals surface area contributed by atoms with Gasteiger partial charge in [-0.2, -0.15) is 0 Å². The maximum absolute atomic E-state index is 13.5. The first-order valence-electron chi connectivity index (χ1n) is 10.7. The maximum atomic E-state index is 13.5. The van der Waals surface area contributed by atoms with E-state index in [1.807, 2.05) is 24.6 Å². The number of phenolic OH excluding ortho intramolecular Hbond substituents is 1. The SMILES string of the molecule is CCOC(=O)c1c(CSc2ccc(F)cc2C)n(C)c2cc(C3=CCNCC3)c(O)cc12. The summed E-state index contributed by atoms with van der Waals surface area (Å²) in [6.07, 6.45) is 2.93. The minimum atomic E-state index is -0.405. The van der Waals surface area contributed by atoms with Crippen LogP contribution in [0.25, 0.3) is 16.5 Å². The van der Waals surface area contributed by atoms with Gasteiger partial charge in [-0.1, -0.05) is 6.08 Å². The van der Waals surface area contributed by atoms with E-state index in [2.05, 4.69) is 11.4 Å². The molecule has 0 aliphatic carbocycles. The quantitative estimate of drug-likeness (QED) is 0.397. The average Bonchev–Trinajstić information content (AvgIpc) is 3.04. The average molecular weight is 455 g/mol. The van der Waals surface area contributed by atoms with Gasteiger partial charge in [0.25, 0.3) is 0 Å². The molecule has 0 saturated carbocycles. The lowest BCUT2D eigenvalue weighted by Gasteiger charge is -2.16. The van der Waals surface area contributed by atoms with Gasteiger partial charge in [-0.15, -0.1) is 11.8 Å². The minimum absolute atomic E-state index is 0.162. The molecule has 2 aromatic carbocycles. The molecule has 0 fully saturated rings. The van der Waals surface area contributed by atoms with E-state index in [-0.39, 0.29) is 18.2 Å². The van der Waals surface area contributed by atoms with Crippen LogP contribution >= 0.6 is 11.8 Å². The number of carbonyl (C=O) groups excluding carboxylic acids is 1. The summed E-state index contributed by atoms with van der Waals surface area (Å²) in [5.74, 6) is 0.00106.